The maximum Gasteiger partial charge on any atom is 0.303 e. The van der Waals surface area contributed by atoms with E-state index in [4.69, 9.17) is 5.11 Å². The molecule has 0 heterocycles. The molecule has 14 heavy (non-hydrogen) atoms. The standard InChI is InChI=1S/C11H19NO2/c1-4-8-12(3,9-5-2)10-6-7-11(13)14/h4-5H,1-2,6-10H2,3H3/p+1. The molecule has 0 fully saturated rings. The average Bonchev–Trinajstić information content (AvgIpc) is 2.03. The Balaban J connectivity index is 4.00. The fourth-order valence-electron chi connectivity index (χ4n) is 1.49. The number of quaternary nitrogens is 1. The molecule has 0 bridgehead atoms. The summed E-state index contributed by atoms with van der Waals surface area (Å²) in [6.45, 7) is 9.97. The van der Waals surface area contributed by atoms with Gasteiger partial charge in [-0.1, -0.05) is 13.2 Å². The van der Waals surface area contributed by atoms with Crippen molar-refractivity contribution in [3.63, 3.8) is 0 Å². The van der Waals surface area contributed by atoms with Gasteiger partial charge in [-0.15, -0.1) is 0 Å². The van der Waals surface area contributed by atoms with Crippen molar-refractivity contribution in [1.82, 2.24) is 0 Å². The summed E-state index contributed by atoms with van der Waals surface area (Å²) in [7, 11) is 2.09. The number of carbonyl (C=O) groups is 1. The van der Waals surface area contributed by atoms with Crippen molar-refractivity contribution >= 4 is 5.97 Å². The van der Waals surface area contributed by atoms with Gasteiger partial charge in [-0.25, -0.2) is 0 Å². The lowest BCUT2D eigenvalue weighted by molar-refractivity contribution is -0.898. The van der Waals surface area contributed by atoms with E-state index in [2.05, 4.69) is 20.2 Å². The van der Waals surface area contributed by atoms with Crippen molar-refractivity contribution in [3.8, 4) is 0 Å². The largest absolute Gasteiger partial charge is 0.481 e. The Hall–Kier alpha value is -1.09. The molecule has 80 valence electrons. The predicted octanol–water partition coefficient (Wildman–Crippen LogP) is 1.67. The highest BCUT2D eigenvalue weighted by molar-refractivity contribution is 5.66. The van der Waals surface area contributed by atoms with Crippen molar-refractivity contribution in [2.45, 2.75) is 12.8 Å². The van der Waals surface area contributed by atoms with Gasteiger partial charge < -0.3 is 9.59 Å². The minimum atomic E-state index is -0.728. The first-order valence-electron chi connectivity index (χ1n) is 4.81. The van der Waals surface area contributed by atoms with Crippen LogP contribution in [0, 0.1) is 0 Å². The number of nitrogens with zero attached hydrogens (tertiary/aromatic N) is 1. The summed E-state index contributed by atoms with van der Waals surface area (Å²) >= 11 is 0. The monoisotopic (exact) mass is 198 g/mol. The van der Waals surface area contributed by atoms with Crippen LogP contribution in [0.2, 0.25) is 0 Å². The van der Waals surface area contributed by atoms with Crippen LogP contribution < -0.4 is 0 Å². The van der Waals surface area contributed by atoms with Crippen LogP contribution in [-0.4, -0.2) is 42.2 Å². The Bertz CT molecular complexity index is 201. The van der Waals surface area contributed by atoms with Crippen molar-refractivity contribution in [1.29, 1.82) is 0 Å². The number of carboxylic acid groups (broad SMARTS) is 1. The first-order valence-corrected chi connectivity index (χ1v) is 4.81. The summed E-state index contributed by atoms with van der Waals surface area (Å²) in [4.78, 5) is 10.4. The minimum Gasteiger partial charge on any atom is -0.481 e. The molecular weight excluding hydrogens is 178 g/mol. The first kappa shape index (κ1) is 12.9. The fourth-order valence-corrected chi connectivity index (χ4v) is 1.49. The van der Waals surface area contributed by atoms with Gasteiger partial charge in [-0.2, -0.15) is 0 Å². The molecule has 0 unspecified atom stereocenters. The number of rotatable bonds is 8. The third-order valence-corrected chi connectivity index (χ3v) is 2.23. The van der Waals surface area contributed by atoms with E-state index in [0.717, 1.165) is 24.1 Å². The van der Waals surface area contributed by atoms with E-state index in [1.54, 1.807) is 0 Å². The van der Waals surface area contributed by atoms with Crippen LogP contribution in [0.1, 0.15) is 12.8 Å². The second kappa shape index (κ2) is 6.38. The Kier molecular flexibility index (Phi) is 5.88. The molecule has 0 aromatic heterocycles. The van der Waals surface area contributed by atoms with Crippen molar-refractivity contribution < 1.29 is 14.4 Å². The molecule has 0 aliphatic rings. The Labute approximate surface area is 85.9 Å². The van der Waals surface area contributed by atoms with Gasteiger partial charge in [-0.3, -0.25) is 4.79 Å². The summed E-state index contributed by atoms with van der Waals surface area (Å²) in [5.74, 6) is -0.728. The number of hydrogen-bond donors (Lipinski definition) is 1. The van der Waals surface area contributed by atoms with Crippen LogP contribution in [0.3, 0.4) is 0 Å². The molecule has 0 aliphatic heterocycles. The van der Waals surface area contributed by atoms with Crippen LogP contribution in [0.4, 0.5) is 0 Å². The maximum absolute atomic E-state index is 10.4. The number of carboxylic acids is 1. The van der Waals surface area contributed by atoms with Gasteiger partial charge in [0.15, 0.2) is 0 Å². The predicted molar refractivity (Wildman–Crippen MR) is 58.0 cm³/mol. The second-order valence-corrected chi connectivity index (χ2v) is 3.78. The smallest absolute Gasteiger partial charge is 0.303 e. The minimum absolute atomic E-state index is 0.238. The molecule has 0 saturated carbocycles. The Morgan fingerprint density at radius 3 is 2.21 bits per heavy atom. The topological polar surface area (TPSA) is 37.3 Å². The summed E-state index contributed by atoms with van der Waals surface area (Å²) in [5.41, 5.74) is 0. The molecule has 0 aromatic carbocycles. The van der Waals surface area contributed by atoms with E-state index >= 15 is 0 Å². The van der Waals surface area contributed by atoms with Gasteiger partial charge in [0.25, 0.3) is 0 Å². The molecule has 1 N–H and O–H groups in total. The molecule has 3 heteroatoms. The number of hydrogen-bond acceptors (Lipinski definition) is 1. The van der Waals surface area contributed by atoms with E-state index in [1.807, 2.05) is 12.2 Å². The molecule has 0 atom stereocenters. The van der Waals surface area contributed by atoms with Crippen LogP contribution in [-0.2, 0) is 4.79 Å². The lowest BCUT2D eigenvalue weighted by Crippen LogP contribution is -2.45. The third kappa shape index (κ3) is 5.54. The van der Waals surface area contributed by atoms with Gasteiger partial charge in [0.2, 0.25) is 0 Å². The second-order valence-electron chi connectivity index (χ2n) is 3.78. The highest BCUT2D eigenvalue weighted by Crippen LogP contribution is 2.06. The van der Waals surface area contributed by atoms with Gasteiger partial charge in [0, 0.05) is 6.42 Å². The quantitative estimate of drug-likeness (QED) is 0.476. The summed E-state index contributed by atoms with van der Waals surface area (Å²) in [6, 6.07) is 0. The first-order chi connectivity index (χ1) is 6.54. The third-order valence-electron chi connectivity index (χ3n) is 2.23. The van der Waals surface area contributed by atoms with E-state index in [-0.39, 0.29) is 6.42 Å². The lowest BCUT2D eigenvalue weighted by atomic mass is 10.2. The average molecular weight is 198 g/mol. The molecule has 0 saturated heterocycles. The highest BCUT2D eigenvalue weighted by atomic mass is 16.4. The summed E-state index contributed by atoms with van der Waals surface area (Å²) in [5, 5.41) is 8.52. The van der Waals surface area contributed by atoms with Crippen LogP contribution in [0.15, 0.2) is 25.3 Å². The van der Waals surface area contributed by atoms with E-state index < -0.39 is 5.97 Å². The summed E-state index contributed by atoms with van der Waals surface area (Å²) < 4.78 is 0.792. The van der Waals surface area contributed by atoms with Gasteiger partial charge >= 0.3 is 5.97 Å². The lowest BCUT2D eigenvalue weighted by Gasteiger charge is -2.32. The number of aliphatic carboxylic acids is 1. The molecule has 0 aliphatic carbocycles. The molecule has 0 aromatic rings. The Morgan fingerprint density at radius 1 is 1.36 bits per heavy atom. The van der Waals surface area contributed by atoms with Crippen LogP contribution in [0.5, 0.6) is 0 Å². The molecule has 0 amide bonds. The summed E-state index contributed by atoms with van der Waals surface area (Å²) in [6.07, 6.45) is 4.67. The zero-order chi connectivity index (χ0) is 11.0. The van der Waals surface area contributed by atoms with E-state index in [0.29, 0.717) is 6.42 Å². The SMILES string of the molecule is C=CC[N+](C)(CC=C)CCCC(=O)O. The van der Waals surface area contributed by atoms with Crippen LogP contribution >= 0.6 is 0 Å². The molecule has 3 nitrogen and oxygen atoms in total. The van der Waals surface area contributed by atoms with Gasteiger partial charge in [-0.05, 0) is 12.2 Å². The fraction of sp³-hybridized carbons (Fsp3) is 0.545. The van der Waals surface area contributed by atoms with Crippen molar-refractivity contribution in [2.75, 3.05) is 26.7 Å². The van der Waals surface area contributed by atoms with Crippen molar-refractivity contribution in [2.24, 2.45) is 0 Å². The normalized spacial score (nSPS) is 10.9. The molecule has 0 spiro atoms. The molecule has 0 radical (unpaired) electrons. The van der Waals surface area contributed by atoms with Gasteiger partial charge in [0.1, 0.15) is 0 Å². The van der Waals surface area contributed by atoms with Crippen LogP contribution in [0.25, 0.3) is 0 Å². The Morgan fingerprint density at radius 2 is 1.86 bits per heavy atom. The van der Waals surface area contributed by atoms with Gasteiger partial charge in [0.05, 0.1) is 33.1 Å². The maximum atomic E-state index is 10.4. The molecule has 0 rings (SSSR count). The highest BCUT2D eigenvalue weighted by Gasteiger charge is 2.17. The zero-order valence-electron chi connectivity index (χ0n) is 8.91. The number of likely N-dealkylation sites (N-methyl/N-ethyl adjacent to an activating group) is 1. The molecular formula is C11H20NO2+. The zero-order valence-corrected chi connectivity index (χ0v) is 8.91. The van der Waals surface area contributed by atoms with E-state index in [1.165, 1.54) is 0 Å². The van der Waals surface area contributed by atoms with E-state index in [9.17, 15) is 4.79 Å². The van der Waals surface area contributed by atoms with Crippen molar-refractivity contribution in [3.05, 3.63) is 25.3 Å².